The molecule has 1 aromatic heterocycles. The fraction of sp³-hybridized carbons (Fsp3) is 0.150. The molecule has 8 heteroatoms. The number of aliphatic imine (C=N–C) groups is 1. The molecule has 0 radical (unpaired) electrons. The maximum absolute atomic E-state index is 12.4. The van der Waals surface area contributed by atoms with Crippen LogP contribution in [0.1, 0.15) is 18.1 Å². The number of fused-ring (bicyclic) bond motifs is 1. The van der Waals surface area contributed by atoms with Gasteiger partial charge in [0, 0.05) is 6.07 Å². The van der Waals surface area contributed by atoms with Crippen LogP contribution in [0.4, 0.5) is 5.69 Å². The predicted octanol–water partition coefficient (Wildman–Crippen LogP) is 2.41. The molecule has 2 N–H and O–H groups in total. The summed E-state index contributed by atoms with van der Waals surface area (Å²) in [7, 11) is 0. The van der Waals surface area contributed by atoms with Crippen LogP contribution in [0.15, 0.2) is 57.0 Å². The third kappa shape index (κ3) is 3.05. The van der Waals surface area contributed by atoms with Crippen molar-refractivity contribution in [2.45, 2.75) is 13.8 Å². The van der Waals surface area contributed by atoms with Crippen molar-refractivity contribution in [2.24, 2.45) is 4.99 Å². The minimum atomic E-state index is -0.731. The standard InChI is InChI=1S/C20H17N3O5/c1-11-3-6-14(7-4-11)23-19(25)17(18(24)22-20(23)26)12(2)21-13-5-8-15-16(9-13)28-10-27-15/h3-9,25H,10H2,1-2H3,(H,22,24,26). The summed E-state index contributed by atoms with van der Waals surface area (Å²) in [5, 5.41) is 10.7. The Morgan fingerprint density at radius 3 is 2.57 bits per heavy atom. The monoisotopic (exact) mass is 379 g/mol. The minimum Gasteiger partial charge on any atom is -0.493 e. The van der Waals surface area contributed by atoms with E-state index in [-0.39, 0.29) is 18.1 Å². The molecule has 2 heterocycles. The average Bonchev–Trinajstić information content (AvgIpc) is 3.10. The Morgan fingerprint density at radius 1 is 1.11 bits per heavy atom. The van der Waals surface area contributed by atoms with E-state index < -0.39 is 17.1 Å². The van der Waals surface area contributed by atoms with Crippen molar-refractivity contribution in [3.8, 4) is 23.1 Å². The van der Waals surface area contributed by atoms with E-state index in [0.29, 0.717) is 22.9 Å². The van der Waals surface area contributed by atoms with E-state index in [2.05, 4.69) is 9.98 Å². The second-order valence-corrected chi connectivity index (χ2v) is 6.36. The highest BCUT2D eigenvalue weighted by Crippen LogP contribution is 2.35. The number of H-pyrrole nitrogens is 1. The molecule has 0 amide bonds. The van der Waals surface area contributed by atoms with E-state index in [1.165, 1.54) is 0 Å². The van der Waals surface area contributed by atoms with Gasteiger partial charge in [0.15, 0.2) is 11.5 Å². The number of rotatable bonds is 3. The molecule has 28 heavy (non-hydrogen) atoms. The van der Waals surface area contributed by atoms with Crippen LogP contribution in [0, 0.1) is 6.92 Å². The van der Waals surface area contributed by atoms with Crippen LogP contribution in [0.25, 0.3) is 5.69 Å². The molecular weight excluding hydrogens is 362 g/mol. The van der Waals surface area contributed by atoms with Crippen molar-refractivity contribution >= 4 is 11.4 Å². The van der Waals surface area contributed by atoms with Gasteiger partial charge in [-0.25, -0.2) is 9.36 Å². The topological polar surface area (TPSA) is 106 Å². The lowest BCUT2D eigenvalue weighted by Crippen LogP contribution is -2.32. The van der Waals surface area contributed by atoms with Crippen LogP contribution in [0.2, 0.25) is 0 Å². The lowest BCUT2D eigenvalue weighted by Gasteiger charge is -2.11. The largest absolute Gasteiger partial charge is 0.493 e. The first-order chi connectivity index (χ1) is 13.4. The first kappa shape index (κ1) is 17.6. The van der Waals surface area contributed by atoms with Gasteiger partial charge in [-0.15, -0.1) is 0 Å². The Labute approximate surface area is 159 Å². The molecule has 142 valence electrons. The third-order valence-electron chi connectivity index (χ3n) is 4.39. The summed E-state index contributed by atoms with van der Waals surface area (Å²) in [6, 6.07) is 12.1. The molecule has 3 aromatic rings. The van der Waals surface area contributed by atoms with E-state index in [0.717, 1.165) is 10.1 Å². The molecular formula is C20H17N3O5. The van der Waals surface area contributed by atoms with E-state index in [4.69, 9.17) is 9.47 Å². The second-order valence-electron chi connectivity index (χ2n) is 6.36. The van der Waals surface area contributed by atoms with Crippen molar-refractivity contribution in [3.05, 3.63) is 74.4 Å². The van der Waals surface area contributed by atoms with E-state index in [1.807, 2.05) is 6.92 Å². The number of aromatic hydroxyl groups is 1. The summed E-state index contributed by atoms with van der Waals surface area (Å²) in [5.41, 5.74) is 0.673. The normalized spacial score (nSPS) is 13.0. The second kappa shape index (κ2) is 6.73. The number of aryl methyl sites for hydroxylation is 1. The number of nitrogens with one attached hydrogen (secondary N) is 1. The van der Waals surface area contributed by atoms with Gasteiger partial charge in [0.25, 0.3) is 5.56 Å². The predicted molar refractivity (Wildman–Crippen MR) is 103 cm³/mol. The Balaban J connectivity index is 1.83. The maximum atomic E-state index is 12.4. The van der Waals surface area contributed by atoms with Gasteiger partial charge in [0.2, 0.25) is 12.7 Å². The van der Waals surface area contributed by atoms with Gasteiger partial charge < -0.3 is 14.6 Å². The van der Waals surface area contributed by atoms with Crippen LogP contribution in [-0.2, 0) is 0 Å². The molecule has 0 unspecified atom stereocenters. The first-order valence-electron chi connectivity index (χ1n) is 8.54. The van der Waals surface area contributed by atoms with Gasteiger partial charge in [0.1, 0.15) is 5.56 Å². The Hall–Kier alpha value is -3.81. The average molecular weight is 379 g/mol. The zero-order valence-corrected chi connectivity index (χ0v) is 15.2. The highest BCUT2D eigenvalue weighted by Gasteiger charge is 2.19. The van der Waals surface area contributed by atoms with Crippen molar-refractivity contribution in [2.75, 3.05) is 6.79 Å². The van der Waals surface area contributed by atoms with Gasteiger partial charge in [-0.1, -0.05) is 17.7 Å². The van der Waals surface area contributed by atoms with Crippen LogP contribution in [0.3, 0.4) is 0 Å². The molecule has 0 aliphatic carbocycles. The van der Waals surface area contributed by atoms with E-state index in [9.17, 15) is 14.7 Å². The van der Waals surface area contributed by atoms with Crippen LogP contribution in [-0.4, -0.2) is 27.2 Å². The molecule has 0 atom stereocenters. The highest BCUT2D eigenvalue weighted by molar-refractivity contribution is 6.01. The number of aromatic nitrogens is 2. The summed E-state index contributed by atoms with van der Waals surface area (Å²) in [5.74, 6) is 0.696. The quantitative estimate of drug-likeness (QED) is 0.680. The van der Waals surface area contributed by atoms with Gasteiger partial charge >= 0.3 is 5.69 Å². The zero-order chi connectivity index (χ0) is 19.8. The maximum Gasteiger partial charge on any atom is 0.335 e. The molecule has 1 aliphatic heterocycles. The van der Waals surface area contributed by atoms with E-state index >= 15 is 0 Å². The van der Waals surface area contributed by atoms with Crippen molar-refractivity contribution in [3.63, 3.8) is 0 Å². The number of hydrogen-bond acceptors (Lipinski definition) is 6. The van der Waals surface area contributed by atoms with Crippen LogP contribution < -0.4 is 20.7 Å². The fourth-order valence-corrected chi connectivity index (χ4v) is 2.99. The van der Waals surface area contributed by atoms with Crippen molar-refractivity contribution in [1.82, 2.24) is 9.55 Å². The van der Waals surface area contributed by atoms with Crippen LogP contribution in [0.5, 0.6) is 17.4 Å². The Kier molecular flexibility index (Phi) is 4.23. The molecule has 1 aliphatic rings. The SMILES string of the molecule is CC(=Nc1ccc2c(c1)OCO2)c1c(O)n(-c2ccc(C)cc2)c(=O)[nH]c1=O. The third-order valence-corrected chi connectivity index (χ3v) is 4.39. The molecule has 4 rings (SSSR count). The summed E-state index contributed by atoms with van der Waals surface area (Å²) in [6.45, 7) is 3.63. The molecule has 0 bridgehead atoms. The Bertz CT molecular complexity index is 1210. The molecule has 8 nitrogen and oxygen atoms in total. The number of aromatic amines is 1. The van der Waals surface area contributed by atoms with Crippen LogP contribution >= 0.6 is 0 Å². The van der Waals surface area contributed by atoms with Crippen molar-refractivity contribution in [1.29, 1.82) is 0 Å². The molecule has 0 spiro atoms. The summed E-state index contributed by atoms with van der Waals surface area (Å²) in [4.78, 5) is 31.3. The summed E-state index contributed by atoms with van der Waals surface area (Å²) >= 11 is 0. The smallest absolute Gasteiger partial charge is 0.335 e. The van der Waals surface area contributed by atoms with Gasteiger partial charge in [-0.3, -0.25) is 14.8 Å². The van der Waals surface area contributed by atoms with Gasteiger partial charge in [0.05, 0.1) is 17.1 Å². The molecule has 0 saturated heterocycles. The Morgan fingerprint density at radius 2 is 1.82 bits per heavy atom. The van der Waals surface area contributed by atoms with Crippen molar-refractivity contribution < 1.29 is 14.6 Å². The molecule has 0 fully saturated rings. The zero-order valence-electron chi connectivity index (χ0n) is 15.2. The molecule has 0 saturated carbocycles. The number of benzene rings is 2. The van der Waals surface area contributed by atoms with Gasteiger partial charge in [-0.05, 0) is 38.1 Å². The number of hydrogen-bond donors (Lipinski definition) is 2. The number of nitrogens with zero attached hydrogens (tertiary/aromatic N) is 2. The van der Waals surface area contributed by atoms with Gasteiger partial charge in [-0.2, -0.15) is 0 Å². The van der Waals surface area contributed by atoms with E-state index in [1.54, 1.807) is 49.4 Å². The highest BCUT2D eigenvalue weighted by atomic mass is 16.7. The number of ether oxygens (including phenoxy) is 2. The first-order valence-corrected chi connectivity index (χ1v) is 8.54. The molecule has 2 aromatic carbocycles. The fourth-order valence-electron chi connectivity index (χ4n) is 2.99. The lowest BCUT2D eigenvalue weighted by molar-refractivity contribution is 0.174. The minimum absolute atomic E-state index is 0.0853. The summed E-state index contributed by atoms with van der Waals surface area (Å²) < 4.78 is 11.6. The lowest BCUT2D eigenvalue weighted by atomic mass is 10.2. The summed E-state index contributed by atoms with van der Waals surface area (Å²) in [6.07, 6.45) is 0.